The third-order valence-electron chi connectivity index (χ3n) is 1.27. The van der Waals surface area contributed by atoms with Gasteiger partial charge in [-0.15, -0.1) is 0 Å². The van der Waals surface area contributed by atoms with Crippen molar-refractivity contribution in [1.82, 2.24) is 0 Å². The first-order valence-electron chi connectivity index (χ1n) is 3.49. The van der Waals surface area contributed by atoms with Gasteiger partial charge in [-0.05, 0) is 17.7 Å². The fourth-order valence-electron chi connectivity index (χ4n) is 0.732. The van der Waals surface area contributed by atoms with Crippen molar-refractivity contribution in [1.29, 1.82) is 0 Å². The molecule has 0 aliphatic carbocycles. The zero-order valence-electron chi connectivity index (χ0n) is 7.84. The van der Waals surface area contributed by atoms with Crippen LogP contribution in [0.4, 0.5) is 0 Å². The predicted octanol–water partition coefficient (Wildman–Crippen LogP) is -0.922. The largest absolute Gasteiger partial charge is 1.00 e. The van der Waals surface area contributed by atoms with Gasteiger partial charge in [0.15, 0.2) is 0 Å². The summed E-state index contributed by atoms with van der Waals surface area (Å²) in [6.45, 7) is 0. The number of benzene rings is 1. The minimum atomic E-state index is -4.60. The van der Waals surface area contributed by atoms with Crippen LogP contribution in [-0.2, 0) is 19.8 Å². The number of halogens is 1. The molecule has 0 radical (unpaired) electrons. The van der Waals surface area contributed by atoms with Gasteiger partial charge in [-0.3, -0.25) is 0 Å². The smallest absolute Gasteiger partial charge is 0.725 e. The van der Waals surface area contributed by atoms with Crippen molar-refractivity contribution in [2.24, 2.45) is 0 Å². The molecule has 0 bridgehead atoms. The maximum atomic E-state index is 10.1. The van der Waals surface area contributed by atoms with Crippen molar-refractivity contribution in [3.63, 3.8) is 0 Å². The fraction of sp³-hybridized carbons (Fsp3) is 0.143. The molecule has 1 rings (SSSR count). The molecule has 8 heteroatoms. The summed E-state index contributed by atoms with van der Waals surface area (Å²) in [5, 5.41) is 0. The van der Waals surface area contributed by atoms with Crippen LogP contribution in [0.25, 0.3) is 0 Å². The molecule has 78 valence electrons. The molecule has 0 saturated heterocycles. The van der Waals surface area contributed by atoms with Crippen molar-refractivity contribution >= 4 is 38.4 Å². The van der Waals surface area contributed by atoms with Crippen LogP contribution in [-0.4, -0.2) is 13.0 Å². The van der Waals surface area contributed by atoms with Crippen molar-refractivity contribution in [3.8, 4) is 0 Å². The second kappa shape index (κ2) is 7.29. The van der Waals surface area contributed by atoms with Crippen LogP contribution in [0.3, 0.4) is 0 Å². The van der Waals surface area contributed by atoms with E-state index in [0.717, 1.165) is 10.0 Å². The minimum Gasteiger partial charge on any atom is -0.725 e. The Kier molecular flexibility index (Phi) is 7.73. The molecule has 15 heavy (non-hydrogen) atoms. The van der Waals surface area contributed by atoms with E-state index >= 15 is 0 Å². The normalized spacial score (nSPS) is 10.8. The first-order valence-corrected chi connectivity index (χ1v) is 6.52. The summed E-state index contributed by atoms with van der Waals surface area (Å²) in [7, 11) is -4.60. The summed E-state index contributed by atoms with van der Waals surface area (Å²) in [6.07, 6.45) is 0. The Balaban J connectivity index is 0.00000196. The second-order valence-corrected chi connectivity index (χ2v) is 5.17. The van der Waals surface area contributed by atoms with Crippen molar-refractivity contribution < 1.29 is 46.2 Å². The van der Waals surface area contributed by atoms with E-state index in [9.17, 15) is 13.0 Å². The zero-order chi connectivity index (χ0) is 10.6. The summed E-state index contributed by atoms with van der Waals surface area (Å²) in [5.41, 5.74) is 0.877. The maximum absolute atomic E-state index is 10.1. The van der Waals surface area contributed by atoms with Gasteiger partial charge in [0.1, 0.15) is 0 Å². The molecule has 0 atom stereocenters. The van der Waals surface area contributed by atoms with E-state index in [2.05, 4.69) is 19.6 Å². The standard InChI is InChI=1S/C7H7BrO4S2.Na/c8-7-3-1-6(2-4-7)5-13-12-14(9,10)11;/h1-4H,5H2,(H,9,10,11);/q;+1/p-1. The van der Waals surface area contributed by atoms with Gasteiger partial charge < -0.3 is 4.55 Å². The van der Waals surface area contributed by atoms with Crippen LogP contribution in [0.2, 0.25) is 0 Å². The molecule has 0 aliphatic heterocycles. The molecular formula is C7H6BrNaO4S2. The van der Waals surface area contributed by atoms with Gasteiger partial charge in [-0.25, -0.2) is 12.0 Å². The SMILES string of the molecule is O=S(=O)([O-])OSCc1ccc(Br)cc1.[Na+]. The fourth-order valence-corrected chi connectivity index (χ4v) is 1.99. The van der Waals surface area contributed by atoms with Crippen LogP contribution in [0.15, 0.2) is 28.7 Å². The quantitative estimate of drug-likeness (QED) is 0.311. The number of rotatable bonds is 4. The summed E-state index contributed by atoms with van der Waals surface area (Å²) < 4.78 is 35.1. The van der Waals surface area contributed by atoms with E-state index in [1.54, 1.807) is 12.1 Å². The van der Waals surface area contributed by atoms with Crippen LogP contribution in [0, 0.1) is 0 Å². The maximum Gasteiger partial charge on any atom is 1.00 e. The van der Waals surface area contributed by atoms with Gasteiger partial charge in [0, 0.05) is 22.3 Å². The third kappa shape index (κ3) is 7.76. The van der Waals surface area contributed by atoms with E-state index in [4.69, 9.17) is 0 Å². The third-order valence-corrected chi connectivity index (χ3v) is 3.30. The average molecular weight is 321 g/mol. The predicted molar refractivity (Wildman–Crippen MR) is 56.2 cm³/mol. The Bertz CT molecular complexity index is 392. The van der Waals surface area contributed by atoms with Gasteiger partial charge in [0.25, 0.3) is 0 Å². The molecule has 0 aliphatic rings. The molecule has 0 N–H and O–H groups in total. The molecule has 0 heterocycles. The number of hydrogen-bond acceptors (Lipinski definition) is 5. The zero-order valence-corrected chi connectivity index (χ0v) is 13.1. The molecular weight excluding hydrogens is 315 g/mol. The Labute approximate surface area is 123 Å². The average Bonchev–Trinajstić information content (AvgIpc) is 2.06. The Morgan fingerprint density at radius 1 is 1.33 bits per heavy atom. The molecule has 0 fully saturated rings. The van der Waals surface area contributed by atoms with Crippen molar-refractivity contribution in [3.05, 3.63) is 34.3 Å². The van der Waals surface area contributed by atoms with Crippen LogP contribution >= 0.6 is 28.0 Å². The molecule has 1 aromatic carbocycles. The summed E-state index contributed by atoms with van der Waals surface area (Å²) in [6, 6.07) is 7.25. The molecule has 4 nitrogen and oxygen atoms in total. The van der Waals surface area contributed by atoms with E-state index < -0.39 is 10.4 Å². The minimum absolute atomic E-state index is 0. The van der Waals surface area contributed by atoms with Gasteiger partial charge in [0.05, 0.1) is 0 Å². The van der Waals surface area contributed by atoms with Gasteiger partial charge >= 0.3 is 29.6 Å². The van der Waals surface area contributed by atoms with Crippen molar-refractivity contribution in [2.75, 3.05) is 0 Å². The Hall–Kier alpha value is 0.920. The molecule has 0 spiro atoms. The van der Waals surface area contributed by atoms with E-state index in [0.29, 0.717) is 17.8 Å². The molecule has 0 unspecified atom stereocenters. The van der Waals surface area contributed by atoms with Crippen LogP contribution < -0.4 is 29.6 Å². The summed E-state index contributed by atoms with van der Waals surface area (Å²) in [4.78, 5) is 0. The molecule has 0 aromatic heterocycles. The molecule has 0 amide bonds. The van der Waals surface area contributed by atoms with E-state index in [1.807, 2.05) is 12.1 Å². The van der Waals surface area contributed by atoms with Crippen LogP contribution in [0.1, 0.15) is 5.56 Å². The first kappa shape index (κ1) is 15.9. The van der Waals surface area contributed by atoms with Gasteiger partial charge in [-0.1, -0.05) is 28.1 Å². The van der Waals surface area contributed by atoms with Crippen LogP contribution in [0.5, 0.6) is 0 Å². The van der Waals surface area contributed by atoms with E-state index in [1.165, 1.54) is 0 Å². The Morgan fingerprint density at radius 3 is 2.33 bits per heavy atom. The first-order chi connectivity index (χ1) is 6.47. The summed E-state index contributed by atoms with van der Waals surface area (Å²) in [5.74, 6) is 0.314. The summed E-state index contributed by atoms with van der Waals surface area (Å²) >= 11 is 3.86. The monoisotopic (exact) mass is 320 g/mol. The Morgan fingerprint density at radius 2 is 1.87 bits per heavy atom. The topological polar surface area (TPSA) is 66.4 Å². The van der Waals surface area contributed by atoms with Crippen molar-refractivity contribution in [2.45, 2.75) is 5.75 Å². The van der Waals surface area contributed by atoms with Gasteiger partial charge in [-0.2, -0.15) is 0 Å². The van der Waals surface area contributed by atoms with E-state index in [-0.39, 0.29) is 29.6 Å². The second-order valence-electron chi connectivity index (χ2n) is 2.36. The van der Waals surface area contributed by atoms with Gasteiger partial charge in [0.2, 0.25) is 10.4 Å². The molecule has 0 saturated carbocycles. The molecule has 1 aromatic rings. The number of hydrogen-bond donors (Lipinski definition) is 0.